The van der Waals surface area contributed by atoms with Gasteiger partial charge in [-0.25, -0.2) is 4.98 Å². The summed E-state index contributed by atoms with van der Waals surface area (Å²) in [6, 6.07) is 26.8. The molecule has 8 rings (SSSR count). The van der Waals surface area contributed by atoms with Crippen LogP contribution >= 0.6 is 0 Å². The van der Waals surface area contributed by atoms with E-state index in [0.717, 1.165) is 16.7 Å². The summed E-state index contributed by atoms with van der Waals surface area (Å²) in [5.74, 6) is 0.260. The number of phenols is 1. The number of nitrogens with zero attached hydrogens (tertiary/aromatic N) is 3. The molecule has 0 bridgehead atoms. The molecule has 0 amide bonds. The Bertz CT molecular complexity index is 3400. The van der Waals surface area contributed by atoms with Crippen LogP contribution in [0.1, 0.15) is 106 Å². The number of para-hydroxylation sites is 1. The van der Waals surface area contributed by atoms with Gasteiger partial charge in [-0.3, -0.25) is 9.55 Å². The third-order valence-electron chi connectivity index (χ3n) is 10.5. The van der Waals surface area contributed by atoms with Gasteiger partial charge in [0.2, 0.25) is 0 Å². The molecule has 0 aliphatic heterocycles. The second-order valence-electron chi connectivity index (χ2n) is 16.3. The standard InChI is InChI=1S/C54H52N3O.Pt/c1-33(2)41-30-46(34(3)4)52(58)47(31-41)53-56-51-45(16-13-17-50(51)57(53)49-23-22-39(26-36(49)6)37-14-11-10-12-15-37)42-27-43(29-44(28-42)54(7,8)9)48-32-40(24-25-55-48)38-20-18-35(5)19-21-38;/h10-26,28-34,58H,1-9H3;/q-1;/i5D3,6D3,18D,19D,20D,21D,24D,25D,32D;. The molecule has 1 N–H and O–H groups in total. The fourth-order valence-corrected chi connectivity index (χ4v) is 7.19. The normalized spacial score (nSPS) is 15.3. The molecule has 2 aromatic heterocycles. The molecule has 0 saturated heterocycles. The van der Waals surface area contributed by atoms with E-state index in [2.05, 4.69) is 24.9 Å². The van der Waals surface area contributed by atoms with Crippen molar-refractivity contribution in [2.75, 3.05) is 0 Å². The van der Waals surface area contributed by atoms with Gasteiger partial charge in [-0.2, -0.15) is 0 Å². The van der Waals surface area contributed by atoms with Crippen molar-refractivity contribution in [2.24, 2.45) is 0 Å². The second kappa shape index (κ2) is 16.6. The third-order valence-corrected chi connectivity index (χ3v) is 10.5. The van der Waals surface area contributed by atoms with Crippen molar-refractivity contribution in [1.29, 1.82) is 0 Å². The minimum absolute atomic E-state index is 0. The molecule has 8 aromatic rings. The van der Waals surface area contributed by atoms with Crippen molar-refractivity contribution >= 4 is 11.0 Å². The Hall–Kier alpha value is -5.57. The molecule has 4 nitrogen and oxygen atoms in total. The van der Waals surface area contributed by atoms with Crippen molar-refractivity contribution < 1.29 is 44.0 Å². The van der Waals surface area contributed by atoms with Gasteiger partial charge >= 0.3 is 0 Å². The molecule has 5 heteroatoms. The van der Waals surface area contributed by atoms with Crippen LogP contribution in [0.2, 0.25) is 0 Å². The van der Waals surface area contributed by atoms with Crippen LogP contribution < -0.4 is 0 Å². The number of imidazole rings is 1. The number of fused-ring (bicyclic) bond motifs is 1. The SMILES string of the molecule is [2H]c1nc(-c2[c-]c(-c3cccc4c3nc(-c3cc(C(C)C)cc(C(C)C)c3O)n4-c3ccc(-c4ccccc4)cc3C([2H])([2H])[2H])cc(C(C)(C)C)c2)c([2H])c(-c2c([2H])c([2H])c(C([2H])([2H])[2H])c([2H])c2[2H])c1[2H].[Pt]. The van der Waals surface area contributed by atoms with E-state index in [9.17, 15) is 6.48 Å². The largest absolute Gasteiger partial charge is 0.507 e. The molecule has 0 radical (unpaired) electrons. The Labute approximate surface area is 382 Å². The van der Waals surface area contributed by atoms with Crippen molar-refractivity contribution in [1.82, 2.24) is 14.5 Å². The average Bonchev–Trinajstić information content (AvgIpc) is 3.69. The number of phenolic OH excluding ortho intramolecular Hbond substituents is 1. The minimum atomic E-state index is -2.99. The molecule has 300 valence electrons. The fraction of sp³-hybridized carbons (Fsp3) is 0.222. The fourth-order valence-electron chi connectivity index (χ4n) is 7.19. The monoisotopic (exact) mass is 966 g/mol. The van der Waals surface area contributed by atoms with Crippen LogP contribution in [0, 0.1) is 19.8 Å². The van der Waals surface area contributed by atoms with Gasteiger partial charge in [0.25, 0.3) is 0 Å². The van der Waals surface area contributed by atoms with Crippen molar-refractivity contribution in [3.63, 3.8) is 0 Å². The first kappa shape index (κ1) is 28.0. The summed E-state index contributed by atoms with van der Waals surface area (Å²) in [5, 5.41) is 12.2. The van der Waals surface area contributed by atoms with E-state index >= 15 is 0 Å². The maximum absolute atomic E-state index is 12.2. The van der Waals surface area contributed by atoms with Gasteiger partial charge in [0, 0.05) is 41.2 Å². The van der Waals surface area contributed by atoms with E-state index < -0.39 is 78.2 Å². The smallest absolute Gasteiger partial charge is 0.148 e. The van der Waals surface area contributed by atoms with E-state index in [1.165, 1.54) is 0 Å². The average molecular weight is 967 g/mol. The van der Waals surface area contributed by atoms with Crippen LogP contribution in [-0.4, -0.2) is 19.6 Å². The summed E-state index contributed by atoms with van der Waals surface area (Å²) in [7, 11) is 0. The molecule has 0 aliphatic carbocycles. The molecule has 0 saturated carbocycles. The van der Waals surface area contributed by atoms with E-state index in [4.69, 9.17) is 21.4 Å². The molecule has 0 spiro atoms. The number of aromatic hydroxyl groups is 1. The second-order valence-corrected chi connectivity index (χ2v) is 16.3. The Morgan fingerprint density at radius 3 is 2.19 bits per heavy atom. The summed E-state index contributed by atoms with van der Waals surface area (Å²) in [6.45, 7) is 8.44. The molecule has 2 heterocycles. The van der Waals surface area contributed by atoms with Crippen molar-refractivity contribution in [3.8, 4) is 67.5 Å². The number of hydrogen-bond donors (Lipinski definition) is 1. The summed E-state index contributed by atoms with van der Waals surface area (Å²) >= 11 is 0. The van der Waals surface area contributed by atoms with E-state index in [1.807, 2.05) is 107 Å². The maximum Gasteiger partial charge on any atom is 0.148 e. The summed E-state index contributed by atoms with van der Waals surface area (Å²) < 4.78 is 114. The van der Waals surface area contributed by atoms with Gasteiger partial charge in [0.05, 0.1) is 31.9 Å². The quantitative estimate of drug-likeness (QED) is 0.154. The Morgan fingerprint density at radius 1 is 0.729 bits per heavy atom. The number of rotatable bonds is 8. The zero-order chi connectivity index (χ0) is 52.0. The van der Waals surface area contributed by atoms with Gasteiger partial charge in [-0.15, -0.1) is 29.3 Å². The summed E-state index contributed by atoms with van der Waals surface area (Å²) in [4.78, 5) is 9.70. The zero-order valence-corrected chi connectivity index (χ0v) is 36.2. The van der Waals surface area contributed by atoms with E-state index in [0.29, 0.717) is 44.5 Å². The molecular formula is C54H52N3OPt-. The van der Waals surface area contributed by atoms with Gasteiger partial charge in [-0.05, 0) is 100 Å². The van der Waals surface area contributed by atoms with Gasteiger partial charge in [0.1, 0.15) is 11.6 Å². The third kappa shape index (κ3) is 8.21. The number of pyridine rings is 1. The number of aromatic nitrogens is 3. The first-order chi connectivity index (χ1) is 33.1. The minimum Gasteiger partial charge on any atom is -0.507 e. The first-order valence-corrected chi connectivity index (χ1v) is 19.4. The van der Waals surface area contributed by atoms with Crippen LogP contribution in [-0.2, 0) is 26.5 Å². The molecule has 6 aromatic carbocycles. The molecule has 59 heavy (non-hydrogen) atoms. The van der Waals surface area contributed by atoms with Gasteiger partial charge in [0.15, 0.2) is 0 Å². The molecule has 0 aliphatic rings. The zero-order valence-electron chi connectivity index (χ0n) is 46.9. The molecule has 0 fully saturated rings. The number of hydrogen-bond acceptors (Lipinski definition) is 3. The summed E-state index contributed by atoms with van der Waals surface area (Å²) in [5.41, 5.74) is 4.35. The van der Waals surface area contributed by atoms with Crippen molar-refractivity contribution in [2.45, 2.75) is 79.4 Å². The van der Waals surface area contributed by atoms with Crippen LogP contribution in [0.15, 0.2) is 133 Å². The first-order valence-electron chi connectivity index (χ1n) is 25.9. The van der Waals surface area contributed by atoms with Gasteiger partial charge < -0.3 is 5.11 Å². The Kier molecular flexibility index (Phi) is 7.87. The predicted octanol–water partition coefficient (Wildman–Crippen LogP) is 14.4. The molecule has 0 unspecified atom stereocenters. The predicted molar refractivity (Wildman–Crippen MR) is 243 cm³/mol. The van der Waals surface area contributed by atoms with E-state index in [1.54, 1.807) is 22.8 Å². The summed E-state index contributed by atoms with van der Waals surface area (Å²) in [6.07, 6.45) is -0.628. The Balaban J connectivity index is 0.00000760. The molecule has 0 atom stereocenters. The van der Waals surface area contributed by atoms with Crippen LogP contribution in [0.4, 0.5) is 0 Å². The van der Waals surface area contributed by atoms with Crippen LogP contribution in [0.5, 0.6) is 5.75 Å². The van der Waals surface area contributed by atoms with Crippen LogP contribution in [0.25, 0.3) is 72.7 Å². The Morgan fingerprint density at radius 2 is 1.49 bits per heavy atom. The number of benzene rings is 6. The van der Waals surface area contributed by atoms with E-state index in [-0.39, 0.29) is 61.3 Å². The topological polar surface area (TPSA) is 50.9 Å². The van der Waals surface area contributed by atoms with Crippen molar-refractivity contribution in [3.05, 3.63) is 167 Å². The number of aryl methyl sites for hydroxylation is 1. The molecular weight excluding hydrogens is 902 g/mol. The van der Waals surface area contributed by atoms with Crippen LogP contribution in [0.3, 0.4) is 0 Å². The van der Waals surface area contributed by atoms with Gasteiger partial charge in [-0.1, -0.05) is 150 Å². The maximum atomic E-state index is 12.2.